The van der Waals surface area contributed by atoms with Gasteiger partial charge >= 0.3 is 0 Å². The zero-order valence-corrected chi connectivity index (χ0v) is 5.66. The van der Waals surface area contributed by atoms with Gasteiger partial charge in [-0.05, 0) is 0 Å². The summed E-state index contributed by atoms with van der Waals surface area (Å²) in [7, 11) is 3.71. The molecule has 1 amide bonds. The van der Waals surface area contributed by atoms with Gasteiger partial charge in [0.1, 0.15) is 0 Å². The maximum absolute atomic E-state index is 10.8. The van der Waals surface area contributed by atoms with E-state index in [1.807, 2.05) is 11.9 Å². The van der Waals surface area contributed by atoms with E-state index in [0.29, 0.717) is 6.67 Å². The van der Waals surface area contributed by atoms with Gasteiger partial charge in [-0.3, -0.25) is 4.79 Å². The Balaban J connectivity index is 2.65. The Kier molecular flexibility index (Phi) is 1.42. The molecule has 0 bridgehead atoms. The first-order valence-corrected chi connectivity index (χ1v) is 2.83. The quantitative estimate of drug-likeness (QED) is 0.451. The van der Waals surface area contributed by atoms with E-state index in [-0.39, 0.29) is 5.91 Å². The number of likely N-dealkylation sites (N-methyl/N-ethyl adjacent to an activating group) is 1. The third-order valence-electron chi connectivity index (χ3n) is 1.28. The molecule has 0 aromatic heterocycles. The summed E-state index contributed by atoms with van der Waals surface area (Å²) in [6.45, 7) is 0.690. The second kappa shape index (κ2) is 2.09. The van der Waals surface area contributed by atoms with E-state index in [9.17, 15) is 4.79 Å². The highest BCUT2D eigenvalue weighted by Gasteiger charge is 2.09. The average molecular weight is 126 g/mol. The zero-order chi connectivity index (χ0) is 6.85. The Morgan fingerprint density at radius 2 is 2.22 bits per heavy atom. The lowest BCUT2D eigenvalue weighted by Crippen LogP contribution is -2.37. The maximum atomic E-state index is 10.8. The number of rotatable bonds is 0. The minimum absolute atomic E-state index is 0.0769. The molecule has 0 saturated heterocycles. The van der Waals surface area contributed by atoms with Crippen LogP contribution in [0, 0.1) is 0 Å². The van der Waals surface area contributed by atoms with Crippen LogP contribution in [-0.2, 0) is 4.79 Å². The predicted molar refractivity (Wildman–Crippen MR) is 34.5 cm³/mol. The molecule has 0 fully saturated rings. The monoisotopic (exact) mass is 126 g/mol. The van der Waals surface area contributed by atoms with E-state index in [2.05, 4.69) is 0 Å². The molecule has 0 N–H and O–H groups in total. The molecule has 0 atom stereocenters. The molecule has 0 radical (unpaired) electrons. The number of amides is 1. The summed E-state index contributed by atoms with van der Waals surface area (Å²) in [5.41, 5.74) is 0. The second-order valence-corrected chi connectivity index (χ2v) is 2.25. The topological polar surface area (TPSA) is 23.6 Å². The van der Waals surface area contributed by atoms with Gasteiger partial charge in [0.25, 0.3) is 0 Å². The molecule has 0 spiro atoms. The van der Waals surface area contributed by atoms with Gasteiger partial charge in [0.2, 0.25) is 5.91 Å². The highest BCUT2D eigenvalue weighted by atomic mass is 16.2. The lowest BCUT2D eigenvalue weighted by molar-refractivity contribution is -0.127. The fourth-order valence-corrected chi connectivity index (χ4v) is 0.770. The SMILES string of the molecule is CN1C=CC(=O)N(C)C1. The maximum Gasteiger partial charge on any atom is 0.249 e. The Morgan fingerprint density at radius 3 is 2.67 bits per heavy atom. The van der Waals surface area contributed by atoms with E-state index in [0.717, 1.165) is 0 Å². The molecular weight excluding hydrogens is 116 g/mol. The van der Waals surface area contributed by atoms with Crippen LogP contribution >= 0.6 is 0 Å². The molecule has 0 aromatic rings. The normalized spacial score (nSPS) is 19.1. The van der Waals surface area contributed by atoms with Crippen molar-refractivity contribution in [1.82, 2.24) is 9.80 Å². The molecule has 1 heterocycles. The Labute approximate surface area is 54.5 Å². The van der Waals surface area contributed by atoms with Crippen LogP contribution in [0.4, 0.5) is 0 Å². The van der Waals surface area contributed by atoms with E-state index in [1.165, 1.54) is 0 Å². The molecule has 1 rings (SSSR count). The number of hydrogen-bond acceptors (Lipinski definition) is 2. The molecule has 3 heteroatoms. The number of carbonyl (C=O) groups excluding carboxylic acids is 1. The summed E-state index contributed by atoms with van der Waals surface area (Å²) in [6, 6.07) is 0. The molecule has 9 heavy (non-hydrogen) atoms. The van der Waals surface area contributed by atoms with Gasteiger partial charge in [0.05, 0.1) is 6.67 Å². The minimum atomic E-state index is 0.0769. The van der Waals surface area contributed by atoms with Crippen molar-refractivity contribution in [2.45, 2.75) is 0 Å². The van der Waals surface area contributed by atoms with Crippen molar-refractivity contribution >= 4 is 5.91 Å². The first-order valence-electron chi connectivity index (χ1n) is 2.83. The van der Waals surface area contributed by atoms with Crippen molar-refractivity contribution in [2.24, 2.45) is 0 Å². The fourth-order valence-electron chi connectivity index (χ4n) is 0.770. The fraction of sp³-hybridized carbons (Fsp3) is 0.500. The predicted octanol–water partition coefficient (Wildman–Crippen LogP) is -0.139. The first-order chi connectivity index (χ1) is 4.20. The van der Waals surface area contributed by atoms with Crippen molar-refractivity contribution in [3.63, 3.8) is 0 Å². The van der Waals surface area contributed by atoms with Crippen LogP contribution in [0.5, 0.6) is 0 Å². The standard InChI is InChI=1S/C6H10N2O/c1-7-4-3-6(9)8(2)5-7/h3-4H,5H2,1-2H3. The van der Waals surface area contributed by atoms with Crippen LogP contribution in [0.1, 0.15) is 0 Å². The Bertz CT molecular complexity index is 153. The number of nitrogens with zero attached hydrogens (tertiary/aromatic N) is 2. The average Bonchev–Trinajstić information content (AvgIpc) is 1.80. The lowest BCUT2D eigenvalue weighted by Gasteiger charge is -2.26. The van der Waals surface area contributed by atoms with Gasteiger partial charge in [0, 0.05) is 26.4 Å². The molecule has 1 aliphatic rings. The second-order valence-electron chi connectivity index (χ2n) is 2.25. The van der Waals surface area contributed by atoms with Crippen LogP contribution in [0.15, 0.2) is 12.3 Å². The highest BCUT2D eigenvalue weighted by Crippen LogP contribution is 1.97. The molecule has 0 unspecified atom stereocenters. The van der Waals surface area contributed by atoms with Gasteiger partial charge in [-0.2, -0.15) is 0 Å². The van der Waals surface area contributed by atoms with Crippen LogP contribution in [0.25, 0.3) is 0 Å². The summed E-state index contributed by atoms with van der Waals surface area (Å²) in [5.74, 6) is 0.0769. The van der Waals surface area contributed by atoms with Crippen molar-refractivity contribution in [1.29, 1.82) is 0 Å². The van der Waals surface area contributed by atoms with Gasteiger partial charge in [0.15, 0.2) is 0 Å². The molecule has 0 saturated carbocycles. The summed E-state index contributed by atoms with van der Waals surface area (Å²) in [5, 5.41) is 0. The minimum Gasteiger partial charge on any atom is -0.363 e. The Hall–Kier alpha value is -0.990. The third-order valence-corrected chi connectivity index (χ3v) is 1.28. The molecule has 0 aliphatic carbocycles. The zero-order valence-electron chi connectivity index (χ0n) is 5.66. The van der Waals surface area contributed by atoms with E-state index in [1.54, 1.807) is 24.2 Å². The molecule has 3 nitrogen and oxygen atoms in total. The van der Waals surface area contributed by atoms with Gasteiger partial charge in [-0.25, -0.2) is 0 Å². The molecule has 1 aliphatic heterocycles. The number of hydrogen-bond donors (Lipinski definition) is 0. The van der Waals surface area contributed by atoms with Crippen molar-refractivity contribution in [3.8, 4) is 0 Å². The van der Waals surface area contributed by atoms with Crippen LogP contribution in [0.2, 0.25) is 0 Å². The Morgan fingerprint density at radius 1 is 1.56 bits per heavy atom. The molecular formula is C6H10N2O. The van der Waals surface area contributed by atoms with Crippen LogP contribution < -0.4 is 0 Å². The lowest BCUT2D eigenvalue weighted by atomic mass is 10.4. The van der Waals surface area contributed by atoms with Crippen molar-refractivity contribution in [3.05, 3.63) is 12.3 Å². The van der Waals surface area contributed by atoms with Gasteiger partial charge < -0.3 is 9.80 Å². The largest absolute Gasteiger partial charge is 0.363 e. The molecule has 50 valence electrons. The van der Waals surface area contributed by atoms with Gasteiger partial charge in [-0.1, -0.05) is 0 Å². The van der Waals surface area contributed by atoms with E-state index >= 15 is 0 Å². The van der Waals surface area contributed by atoms with E-state index in [4.69, 9.17) is 0 Å². The van der Waals surface area contributed by atoms with Crippen LogP contribution in [-0.4, -0.2) is 36.5 Å². The van der Waals surface area contributed by atoms with Gasteiger partial charge in [-0.15, -0.1) is 0 Å². The van der Waals surface area contributed by atoms with Crippen molar-refractivity contribution in [2.75, 3.05) is 20.8 Å². The third kappa shape index (κ3) is 1.22. The highest BCUT2D eigenvalue weighted by molar-refractivity contribution is 5.87. The summed E-state index contributed by atoms with van der Waals surface area (Å²) in [4.78, 5) is 14.4. The van der Waals surface area contributed by atoms with E-state index < -0.39 is 0 Å². The smallest absolute Gasteiger partial charge is 0.249 e. The summed E-state index contributed by atoms with van der Waals surface area (Å²) < 4.78 is 0. The number of carbonyl (C=O) groups is 1. The first kappa shape index (κ1) is 6.13. The van der Waals surface area contributed by atoms with Crippen molar-refractivity contribution < 1.29 is 4.79 Å². The summed E-state index contributed by atoms with van der Waals surface area (Å²) in [6.07, 6.45) is 3.34. The van der Waals surface area contributed by atoms with Crippen LogP contribution in [0.3, 0.4) is 0 Å². The molecule has 0 aromatic carbocycles. The summed E-state index contributed by atoms with van der Waals surface area (Å²) >= 11 is 0.